The van der Waals surface area contributed by atoms with Gasteiger partial charge in [0, 0.05) is 28.8 Å². The fourth-order valence-electron chi connectivity index (χ4n) is 2.14. The van der Waals surface area contributed by atoms with Gasteiger partial charge in [0.1, 0.15) is 5.15 Å². The number of amides is 1. The van der Waals surface area contributed by atoms with Crippen LogP contribution in [0, 0.1) is 17.0 Å². The van der Waals surface area contributed by atoms with Gasteiger partial charge in [0.05, 0.1) is 21.2 Å². The minimum Gasteiger partial charge on any atom is -0.298 e. The number of nitro groups is 1. The fraction of sp³-hybridized carbons (Fsp3) is 0.0625. The molecule has 2 heterocycles. The number of anilines is 1. The zero-order chi connectivity index (χ0) is 18.8. The van der Waals surface area contributed by atoms with Crippen LogP contribution in [-0.4, -0.2) is 20.8 Å². The van der Waals surface area contributed by atoms with Gasteiger partial charge in [0.25, 0.3) is 11.6 Å². The summed E-state index contributed by atoms with van der Waals surface area (Å²) in [4.78, 5) is 31.0. The SMILES string of the molecule is Cc1ccc(-c2csc(NC(=O)c3cnc(Cl)c(Cl)c3)n2)cc1[N+](=O)[O-]. The van der Waals surface area contributed by atoms with Crippen molar-refractivity contribution in [3.8, 4) is 11.3 Å². The maximum absolute atomic E-state index is 12.2. The predicted molar refractivity (Wildman–Crippen MR) is 101 cm³/mol. The average Bonchev–Trinajstić information content (AvgIpc) is 3.05. The summed E-state index contributed by atoms with van der Waals surface area (Å²) < 4.78 is 0. The van der Waals surface area contributed by atoms with Crippen LogP contribution in [0.4, 0.5) is 10.8 Å². The molecule has 0 aliphatic rings. The Bertz CT molecular complexity index is 1020. The second-order valence-electron chi connectivity index (χ2n) is 5.25. The van der Waals surface area contributed by atoms with E-state index in [1.54, 1.807) is 24.4 Å². The zero-order valence-electron chi connectivity index (χ0n) is 13.2. The number of aryl methyl sites for hydroxylation is 1. The predicted octanol–water partition coefficient (Wildman–Crippen LogP) is 4.98. The smallest absolute Gasteiger partial charge is 0.272 e. The number of nitrogens with zero attached hydrogens (tertiary/aromatic N) is 3. The molecule has 0 radical (unpaired) electrons. The Labute approximate surface area is 161 Å². The topological polar surface area (TPSA) is 98.0 Å². The van der Waals surface area contributed by atoms with Crippen molar-refractivity contribution in [3.63, 3.8) is 0 Å². The maximum Gasteiger partial charge on any atom is 0.272 e. The Kier molecular flexibility index (Phi) is 5.17. The summed E-state index contributed by atoms with van der Waals surface area (Å²) >= 11 is 12.8. The highest BCUT2D eigenvalue weighted by Gasteiger charge is 2.15. The van der Waals surface area contributed by atoms with Crippen LogP contribution in [-0.2, 0) is 0 Å². The molecule has 10 heteroatoms. The van der Waals surface area contributed by atoms with Gasteiger partial charge < -0.3 is 0 Å². The maximum atomic E-state index is 12.2. The summed E-state index contributed by atoms with van der Waals surface area (Å²) in [6.07, 6.45) is 1.31. The molecule has 1 aromatic carbocycles. The van der Waals surface area contributed by atoms with Gasteiger partial charge >= 0.3 is 0 Å². The molecule has 2 aromatic heterocycles. The molecular weight excluding hydrogens is 399 g/mol. The number of thiazole rings is 1. The van der Waals surface area contributed by atoms with Crippen LogP contribution in [0.3, 0.4) is 0 Å². The largest absolute Gasteiger partial charge is 0.298 e. The molecule has 132 valence electrons. The molecule has 0 saturated heterocycles. The minimum absolute atomic E-state index is 0.0166. The molecule has 3 rings (SSSR count). The first-order chi connectivity index (χ1) is 12.3. The summed E-state index contributed by atoms with van der Waals surface area (Å²) in [6, 6.07) is 6.27. The quantitative estimate of drug-likeness (QED) is 0.372. The van der Waals surface area contributed by atoms with Crippen LogP contribution in [0.5, 0.6) is 0 Å². The highest BCUT2D eigenvalue weighted by Crippen LogP contribution is 2.29. The van der Waals surface area contributed by atoms with Crippen LogP contribution in [0.1, 0.15) is 15.9 Å². The third kappa shape index (κ3) is 3.82. The number of carbonyl (C=O) groups is 1. The Morgan fingerprint density at radius 2 is 2.08 bits per heavy atom. The third-order valence-electron chi connectivity index (χ3n) is 3.48. The Morgan fingerprint density at radius 1 is 1.31 bits per heavy atom. The van der Waals surface area contributed by atoms with Gasteiger partial charge in [0.15, 0.2) is 5.13 Å². The van der Waals surface area contributed by atoms with Gasteiger partial charge in [0.2, 0.25) is 0 Å². The lowest BCUT2D eigenvalue weighted by molar-refractivity contribution is -0.385. The van der Waals surface area contributed by atoms with Crippen LogP contribution < -0.4 is 5.32 Å². The van der Waals surface area contributed by atoms with Crippen molar-refractivity contribution in [3.05, 3.63) is 67.3 Å². The molecule has 0 unspecified atom stereocenters. The fourth-order valence-corrected chi connectivity index (χ4v) is 3.13. The summed E-state index contributed by atoms with van der Waals surface area (Å²) in [6.45, 7) is 1.67. The number of nitrogens with one attached hydrogen (secondary N) is 1. The number of pyridine rings is 1. The van der Waals surface area contributed by atoms with E-state index in [2.05, 4.69) is 15.3 Å². The van der Waals surface area contributed by atoms with E-state index in [0.717, 1.165) is 0 Å². The molecule has 3 aromatic rings. The molecule has 0 spiro atoms. The molecule has 0 aliphatic heterocycles. The molecule has 1 N–H and O–H groups in total. The Hall–Kier alpha value is -2.55. The lowest BCUT2D eigenvalue weighted by Crippen LogP contribution is -2.12. The average molecular weight is 409 g/mol. The van der Waals surface area contributed by atoms with Gasteiger partial charge in [-0.1, -0.05) is 35.3 Å². The van der Waals surface area contributed by atoms with Gasteiger partial charge in [-0.05, 0) is 13.0 Å². The number of aromatic nitrogens is 2. The van der Waals surface area contributed by atoms with Gasteiger partial charge in [-0.2, -0.15) is 0 Å². The summed E-state index contributed by atoms with van der Waals surface area (Å²) in [5, 5.41) is 16.0. The molecule has 7 nitrogen and oxygen atoms in total. The molecule has 0 aliphatic carbocycles. The van der Waals surface area contributed by atoms with Crippen LogP contribution in [0.2, 0.25) is 10.2 Å². The number of rotatable bonds is 4. The van der Waals surface area contributed by atoms with Crippen molar-refractivity contribution in [1.29, 1.82) is 0 Å². The van der Waals surface area contributed by atoms with E-state index in [4.69, 9.17) is 23.2 Å². The van der Waals surface area contributed by atoms with E-state index >= 15 is 0 Å². The second-order valence-corrected chi connectivity index (χ2v) is 6.87. The van der Waals surface area contributed by atoms with Crippen molar-refractivity contribution in [2.75, 3.05) is 5.32 Å². The number of hydrogen-bond donors (Lipinski definition) is 1. The van der Waals surface area contributed by atoms with Gasteiger partial charge in [-0.25, -0.2) is 9.97 Å². The van der Waals surface area contributed by atoms with Crippen LogP contribution >= 0.6 is 34.5 Å². The molecule has 0 fully saturated rings. The van der Waals surface area contributed by atoms with Crippen molar-refractivity contribution >= 4 is 51.3 Å². The summed E-state index contributed by atoms with van der Waals surface area (Å²) in [5.74, 6) is -0.438. The second kappa shape index (κ2) is 7.36. The molecule has 1 amide bonds. The van der Waals surface area contributed by atoms with Crippen molar-refractivity contribution in [2.45, 2.75) is 6.92 Å². The first kappa shape index (κ1) is 18.2. The number of hydrogen-bond acceptors (Lipinski definition) is 6. The Morgan fingerprint density at radius 3 is 2.77 bits per heavy atom. The molecular formula is C16H10Cl2N4O3S. The lowest BCUT2D eigenvalue weighted by Gasteiger charge is -2.03. The minimum atomic E-state index is -0.439. The number of benzene rings is 1. The molecule has 0 saturated carbocycles. The monoisotopic (exact) mass is 408 g/mol. The number of halogens is 2. The van der Waals surface area contributed by atoms with E-state index in [1.165, 1.54) is 29.7 Å². The van der Waals surface area contributed by atoms with E-state index in [9.17, 15) is 14.9 Å². The summed E-state index contributed by atoms with van der Waals surface area (Å²) in [7, 11) is 0. The molecule has 0 bridgehead atoms. The summed E-state index contributed by atoms with van der Waals surface area (Å²) in [5.41, 5.74) is 1.94. The van der Waals surface area contributed by atoms with Gasteiger partial charge in [-0.3, -0.25) is 20.2 Å². The molecule has 26 heavy (non-hydrogen) atoms. The third-order valence-corrected chi connectivity index (χ3v) is 4.93. The standard InChI is InChI=1S/C16H10Cl2N4O3S/c1-8-2-3-9(5-13(8)22(24)25)12-7-26-16(20-12)21-15(23)10-4-11(17)14(18)19-6-10/h2-7H,1H3,(H,20,21,23). The van der Waals surface area contributed by atoms with E-state index < -0.39 is 10.8 Å². The number of carbonyl (C=O) groups excluding carboxylic acids is 1. The first-order valence-corrected chi connectivity index (χ1v) is 8.82. The Balaban J connectivity index is 1.82. The van der Waals surface area contributed by atoms with Crippen LogP contribution in [0.25, 0.3) is 11.3 Å². The van der Waals surface area contributed by atoms with E-state index in [1.807, 2.05) is 0 Å². The number of nitro benzene ring substituents is 1. The zero-order valence-corrected chi connectivity index (χ0v) is 15.5. The lowest BCUT2D eigenvalue weighted by atomic mass is 10.1. The molecule has 0 atom stereocenters. The van der Waals surface area contributed by atoms with E-state index in [0.29, 0.717) is 22.0 Å². The van der Waals surface area contributed by atoms with Gasteiger partial charge in [-0.15, -0.1) is 11.3 Å². The van der Waals surface area contributed by atoms with Crippen molar-refractivity contribution in [1.82, 2.24) is 9.97 Å². The van der Waals surface area contributed by atoms with Crippen molar-refractivity contribution in [2.24, 2.45) is 0 Å². The first-order valence-electron chi connectivity index (χ1n) is 7.18. The van der Waals surface area contributed by atoms with Crippen LogP contribution in [0.15, 0.2) is 35.8 Å². The highest BCUT2D eigenvalue weighted by atomic mass is 35.5. The van der Waals surface area contributed by atoms with E-state index in [-0.39, 0.29) is 21.4 Å². The van der Waals surface area contributed by atoms with Crippen molar-refractivity contribution < 1.29 is 9.72 Å². The highest BCUT2D eigenvalue weighted by molar-refractivity contribution is 7.14. The normalized spacial score (nSPS) is 10.6.